The minimum Gasteiger partial charge on any atom is -0.425 e. The van der Waals surface area contributed by atoms with Crippen LogP contribution in [0, 0.1) is 11.6 Å². The van der Waals surface area contributed by atoms with E-state index in [1.165, 1.54) is 12.1 Å². The first-order chi connectivity index (χ1) is 18.9. The lowest BCUT2D eigenvalue weighted by atomic mass is 10.0. The molecular formula is C29H24F2N6O2. The van der Waals surface area contributed by atoms with Gasteiger partial charge in [0, 0.05) is 49.2 Å². The van der Waals surface area contributed by atoms with Crippen LogP contribution in [0.2, 0.25) is 0 Å². The van der Waals surface area contributed by atoms with Crippen molar-refractivity contribution in [2.24, 2.45) is 7.05 Å². The van der Waals surface area contributed by atoms with E-state index >= 15 is 4.39 Å². The van der Waals surface area contributed by atoms with Crippen LogP contribution in [0.5, 0.6) is 5.75 Å². The van der Waals surface area contributed by atoms with Gasteiger partial charge < -0.3 is 9.72 Å². The molecule has 4 heterocycles. The predicted octanol–water partition coefficient (Wildman–Crippen LogP) is 5.10. The molecule has 1 aliphatic carbocycles. The second-order valence-electron chi connectivity index (χ2n) is 10.2. The number of carbonyl (C=O) groups is 1. The lowest BCUT2D eigenvalue weighted by Crippen LogP contribution is -2.29. The van der Waals surface area contributed by atoms with Gasteiger partial charge in [0.2, 0.25) is 0 Å². The van der Waals surface area contributed by atoms with Crippen molar-refractivity contribution in [2.45, 2.75) is 31.8 Å². The molecule has 0 saturated heterocycles. The van der Waals surface area contributed by atoms with Gasteiger partial charge in [-0.2, -0.15) is 5.10 Å². The molecule has 1 fully saturated rings. The Bertz CT molecular complexity index is 1760. The fraction of sp³-hybridized carbons (Fsp3) is 0.241. The van der Waals surface area contributed by atoms with Crippen LogP contribution >= 0.6 is 0 Å². The van der Waals surface area contributed by atoms with Crippen LogP contribution in [-0.2, 0) is 24.9 Å². The number of benzene rings is 2. The number of nitrogens with zero attached hydrogens (tertiary/aromatic N) is 5. The van der Waals surface area contributed by atoms with Crippen molar-refractivity contribution in [1.82, 2.24) is 29.6 Å². The third-order valence-corrected chi connectivity index (χ3v) is 7.30. The van der Waals surface area contributed by atoms with Gasteiger partial charge in [-0.15, -0.1) is 0 Å². The number of fused-ring (bicyclic) bond motifs is 2. The number of carbonyl (C=O) groups excluding carboxylic acids is 1. The van der Waals surface area contributed by atoms with Crippen LogP contribution in [-0.4, -0.2) is 42.1 Å². The molecule has 1 aliphatic heterocycles. The zero-order valence-corrected chi connectivity index (χ0v) is 21.1. The summed E-state index contributed by atoms with van der Waals surface area (Å²) in [6, 6.07) is 10.1. The molecule has 10 heteroatoms. The van der Waals surface area contributed by atoms with E-state index in [9.17, 15) is 9.18 Å². The molecule has 0 amide bonds. The largest absolute Gasteiger partial charge is 0.425 e. The molecule has 1 N–H and O–H groups in total. The molecule has 196 valence electrons. The minimum atomic E-state index is -0.486. The first-order valence-electron chi connectivity index (χ1n) is 12.8. The van der Waals surface area contributed by atoms with Crippen LogP contribution in [0.15, 0.2) is 55.0 Å². The number of aryl methyl sites for hydroxylation is 1. The number of H-pyrrole nitrogens is 1. The lowest BCUT2D eigenvalue weighted by molar-refractivity contribution is -0.135. The number of hydrogen-bond acceptors (Lipinski definition) is 6. The number of esters is 1. The summed E-state index contributed by atoms with van der Waals surface area (Å²) in [6.07, 6.45) is 7.24. The number of rotatable bonds is 5. The fourth-order valence-electron chi connectivity index (χ4n) is 5.16. The van der Waals surface area contributed by atoms with Crippen LogP contribution in [0.3, 0.4) is 0 Å². The first kappa shape index (κ1) is 23.7. The van der Waals surface area contributed by atoms with E-state index < -0.39 is 17.6 Å². The van der Waals surface area contributed by atoms with E-state index in [-0.39, 0.29) is 25.4 Å². The fourth-order valence-corrected chi connectivity index (χ4v) is 5.16. The third kappa shape index (κ3) is 4.46. The van der Waals surface area contributed by atoms with Crippen LogP contribution in [0.1, 0.15) is 35.4 Å². The molecule has 8 nitrogen and oxygen atoms in total. The Kier molecular flexibility index (Phi) is 5.52. The van der Waals surface area contributed by atoms with Crippen molar-refractivity contribution in [2.75, 3.05) is 6.54 Å². The summed E-state index contributed by atoms with van der Waals surface area (Å²) in [4.78, 5) is 26.5. The molecule has 0 atom stereocenters. The summed E-state index contributed by atoms with van der Waals surface area (Å²) in [5, 5.41) is 4.19. The molecule has 0 unspecified atom stereocenters. The highest BCUT2D eigenvalue weighted by Crippen LogP contribution is 2.43. The maximum absolute atomic E-state index is 15.4. The zero-order valence-electron chi connectivity index (χ0n) is 21.1. The van der Waals surface area contributed by atoms with Gasteiger partial charge in [-0.25, -0.2) is 18.7 Å². The van der Waals surface area contributed by atoms with Crippen molar-refractivity contribution in [1.29, 1.82) is 0 Å². The lowest BCUT2D eigenvalue weighted by Gasteiger charge is -2.19. The maximum Gasteiger partial charge on any atom is 0.325 e. The van der Waals surface area contributed by atoms with Crippen LogP contribution in [0.25, 0.3) is 33.7 Å². The van der Waals surface area contributed by atoms with E-state index in [1.807, 2.05) is 19.3 Å². The number of pyridine rings is 1. The molecule has 5 aromatic rings. The Balaban J connectivity index is 1.16. The van der Waals surface area contributed by atoms with E-state index in [2.05, 4.69) is 15.1 Å². The third-order valence-electron chi connectivity index (χ3n) is 7.30. The average molecular weight is 527 g/mol. The predicted molar refractivity (Wildman–Crippen MR) is 140 cm³/mol. The molecule has 2 aliphatic rings. The first-order valence-corrected chi connectivity index (χ1v) is 12.8. The molecule has 3 aromatic heterocycles. The number of imidazole rings is 1. The summed E-state index contributed by atoms with van der Waals surface area (Å²) in [5.41, 5.74) is 4.99. The Morgan fingerprint density at radius 1 is 1.08 bits per heavy atom. The standard InChI is InChI=1S/C29H24F2N6O2/c1-36-12-20(11-33-36)28-34-27-21(6-7-32-29(27)35-28)17-4-5-18(23(30)8-17)13-37-14-22-24(31)9-19(16-2-3-16)10-25(22)39-26(38)15-37/h4-12,16H,2-3,13-15H2,1H3,(H,32,34,35). The van der Waals surface area contributed by atoms with Gasteiger partial charge in [-0.3, -0.25) is 14.4 Å². The molecule has 0 bridgehead atoms. The molecule has 2 aromatic carbocycles. The number of halogens is 2. The van der Waals surface area contributed by atoms with E-state index in [4.69, 9.17) is 9.72 Å². The van der Waals surface area contributed by atoms with E-state index in [0.717, 1.165) is 29.5 Å². The van der Waals surface area contributed by atoms with Crippen LogP contribution < -0.4 is 4.74 Å². The Hall–Kier alpha value is -4.44. The SMILES string of the molecule is Cn1cc(-c2nc3c(-c4ccc(CN5CC(=O)Oc6cc(C7CC7)cc(F)c6C5)c(F)c4)ccnc3[nH]2)cn1. The zero-order chi connectivity index (χ0) is 26.7. The van der Waals surface area contributed by atoms with Gasteiger partial charge in [-0.1, -0.05) is 12.1 Å². The van der Waals surface area contributed by atoms with E-state index in [0.29, 0.717) is 39.6 Å². The molecule has 1 saturated carbocycles. The van der Waals surface area contributed by atoms with Gasteiger partial charge in [-0.05, 0) is 54.2 Å². The minimum absolute atomic E-state index is 0.0660. The molecule has 7 rings (SSSR count). The van der Waals surface area contributed by atoms with Gasteiger partial charge in [0.05, 0.1) is 18.3 Å². The Morgan fingerprint density at radius 3 is 2.72 bits per heavy atom. The summed E-state index contributed by atoms with van der Waals surface area (Å²) in [7, 11) is 1.83. The number of hydrogen-bond donors (Lipinski definition) is 1. The maximum atomic E-state index is 15.4. The number of nitrogens with one attached hydrogen (secondary N) is 1. The van der Waals surface area contributed by atoms with Crippen molar-refractivity contribution in [3.63, 3.8) is 0 Å². The second-order valence-corrected chi connectivity index (χ2v) is 10.2. The Labute approximate surface area is 222 Å². The number of aromatic amines is 1. The normalized spacial score (nSPS) is 15.8. The van der Waals surface area contributed by atoms with Crippen molar-refractivity contribution < 1.29 is 18.3 Å². The smallest absolute Gasteiger partial charge is 0.325 e. The second kappa shape index (κ2) is 9.09. The van der Waals surface area contributed by atoms with Crippen LogP contribution in [0.4, 0.5) is 8.78 Å². The summed E-state index contributed by atoms with van der Waals surface area (Å²) >= 11 is 0. The topological polar surface area (TPSA) is 88.9 Å². The van der Waals surface area contributed by atoms with Crippen molar-refractivity contribution in [3.8, 4) is 28.3 Å². The van der Waals surface area contributed by atoms with E-state index in [1.54, 1.807) is 40.2 Å². The van der Waals surface area contributed by atoms with Gasteiger partial charge in [0.1, 0.15) is 28.7 Å². The van der Waals surface area contributed by atoms with Gasteiger partial charge in [0.15, 0.2) is 5.65 Å². The highest BCUT2D eigenvalue weighted by atomic mass is 19.1. The number of aromatic nitrogens is 5. The summed E-state index contributed by atoms with van der Waals surface area (Å²) in [5.74, 6) is -0.0774. The van der Waals surface area contributed by atoms with Gasteiger partial charge in [0.25, 0.3) is 0 Å². The molecule has 0 spiro atoms. The Morgan fingerprint density at radius 2 is 1.95 bits per heavy atom. The number of ether oxygens (including phenoxy) is 1. The van der Waals surface area contributed by atoms with Gasteiger partial charge >= 0.3 is 5.97 Å². The molecule has 0 radical (unpaired) electrons. The highest BCUT2D eigenvalue weighted by Gasteiger charge is 2.29. The van der Waals surface area contributed by atoms with Crippen molar-refractivity contribution >= 4 is 17.1 Å². The highest BCUT2D eigenvalue weighted by molar-refractivity contribution is 5.91. The molecule has 39 heavy (non-hydrogen) atoms. The summed E-state index contributed by atoms with van der Waals surface area (Å²) in [6.45, 7) is 0.210. The average Bonchev–Trinajstić information content (AvgIpc) is 3.56. The molecular weight excluding hydrogens is 502 g/mol. The monoisotopic (exact) mass is 526 g/mol. The summed E-state index contributed by atoms with van der Waals surface area (Å²) < 4.78 is 37.6. The quantitative estimate of drug-likeness (QED) is 0.253. The van der Waals surface area contributed by atoms with Crippen molar-refractivity contribution in [3.05, 3.63) is 83.3 Å².